The zero-order chi connectivity index (χ0) is 13.9. The second kappa shape index (κ2) is 5.67. The fourth-order valence-electron chi connectivity index (χ4n) is 2.43. The molecule has 0 bridgehead atoms. The molecule has 0 aliphatic carbocycles. The highest BCUT2D eigenvalue weighted by Gasteiger charge is 2.19. The molecule has 102 valence electrons. The Morgan fingerprint density at radius 1 is 1.05 bits per heavy atom. The maximum absolute atomic E-state index is 11.9. The van der Waals surface area contributed by atoms with E-state index in [-0.39, 0.29) is 11.9 Å². The van der Waals surface area contributed by atoms with Crippen LogP contribution in [0.2, 0.25) is 0 Å². The number of hydrogen-bond acceptors (Lipinski definition) is 2. The minimum absolute atomic E-state index is 0.0618. The van der Waals surface area contributed by atoms with Gasteiger partial charge in [-0.25, -0.2) is 0 Å². The summed E-state index contributed by atoms with van der Waals surface area (Å²) in [4.78, 5) is 11.9. The number of carbonyl (C=O) groups is 1. The predicted octanol–water partition coefficient (Wildman–Crippen LogP) is 4.33. The molecule has 0 saturated heterocycles. The maximum Gasteiger partial charge on any atom is 0.224 e. The van der Waals surface area contributed by atoms with Gasteiger partial charge in [0.2, 0.25) is 5.91 Å². The fourth-order valence-corrected chi connectivity index (χ4v) is 2.79. The number of rotatable bonds is 1. The van der Waals surface area contributed by atoms with Crippen molar-refractivity contribution in [1.82, 2.24) is 0 Å². The first kappa shape index (κ1) is 13.2. The van der Waals surface area contributed by atoms with Crippen LogP contribution in [0.4, 0.5) is 11.4 Å². The normalized spacial score (nSPS) is 18.2. The van der Waals surface area contributed by atoms with Crippen LogP contribution in [0.15, 0.2) is 53.0 Å². The van der Waals surface area contributed by atoms with Gasteiger partial charge in [-0.15, -0.1) is 0 Å². The summed E-state index contributed by atoms with van der Waals surface area (Å²) in [5.41, 5.74) is 2.98. The molecule has 3 rings (SSSR count). The third kappa shape index (κ3) is 2.85. The molecular formula is C16H15BrN2O. The molecule has 0 fully saturated rings. The van der Waals surface area contributed by atoms with Crippen LogP contribution in [0, 0.1) is 0 Å². The van der Waals surface area contributed by atoms with Crippen molar-refractivity contribution in [2.75, 3.05) is 10.6 Å². The van der Waals surface area contributed by atoms with E-state index in [4.69, 9.17) is 0 Å². The van der Waals surface area contributed by atoms with Crippen LogP contribution in [0.5, 0.6) is 0 Å². The van der Waals surface area contributed by atoms with Crippen LogP contribution in [0.3, 0.4) is 0 Å². The largest absolute Gasteiger partial charge is 0.377 e. The van der Waals surface area contributed by atoms with Gasteiger partial charge >= 0.3 is 0 Å². The Bertz CT molecular complexity index is 628. The van der Waals surface area contributed by atoms with Crippen molar-refractivity contribution in [2.45, 2.75) is 18.9 Å². The van der Waals surface area contributed by atoms with Crippen LogP contribution >= 0.6 is 15.9 Å². The molecule has 1 aliphatic rings. The lowest BCUT2D eigenvalue weighted by Crippen LogP contribution is -2.21. The molecule has 0 radical (unpaired) electrons. The van der Waals surface area contributed by atoms with Crippen molar-refractivity contribution in [3.05, 3.63) is 58.6 Å². The lowest BCUT2D eigenvalue weighted by Gasteiger charge is -2.25. The maximum atomic E-state index is 11.9. The monoisotopic (exact) mass is 330 g/mol. The topological polar surface area (TPSA) is 41.1 Å². The van der Waals surface area contributed by atoms with Crippen molar-refractivity contribution in [3.8, 4) is 0 Å². The second-order valence-electron chi connectivity index (χ2n) is 4.88. The lowest BCUT2D eigenvalue weighted by molar-refractivity contribution is -0.116. The van der Waals surface area contributed by atoms with Crippen molar-refractivity contribution >= 4 is 33.2 Å². The third-order valence-corrected chi connectivity index (χ3v) is 3.94. The Balaban J connectivity index is 1.97. The van der Waals surface area contributed by atoms with E-state index in [0.29, 0.717) is 6.42 Å². The number of anilines is 2. The molecule has 2 aromatic carbocycles. The Morgan fingerprint density at radius 3 is 2.65 bits per heavy atom. The van der Waals surface area contributed by atoms with E-state index in [2.05, 4.69) is 38.7 Å². The number of halogens is 1. The molecule has 1 atom stereocenters. The van der Waals surface area contributed by atoms with Crippen molar-refractivity contribution in [2.24, 2.45) is 0 Å². The molecule has 1 aliphatic heterocycles. The highest BCUT2D eigenvalue weighted by Crippen LogP contribution is 2.33. The van der Waals surface area contributed by atoms with Crippen LogP contribution < -0.4 is 10.6 Å². The van der Waals surface area contributed by atoms with Crippen LogP contribution in [-0.4, -0.2) is 5.91 Å². The van der Waals surface area contributed by atoms with Gasteiger partial charge in [-0.3, -0.25) is 4.79 Å². The van der Waals surface area contributed by atoms with Crippen molar-refractivity contribution in [1.29, 1.82) is 0 Å². The molecule has 4 heteroatoms. The molecule has 3 nitrogen and oxygen atoms in total. The Labute approximate surface area is 126 Å². The summed E-state index contributed by atoms with van der Waals surface area (Å²) in [6, 6.07) is 16.3. The molecule has 0 aromatic heterocycles. The van der Waals surface area contributed by atoms with Crippen molar-refractivity contribution in [3.63, 3.8) is 0 Å². The van der Waals surface area contributed by atoms with Crippen LogP contribution in [-0.2, 0) is 4.79 Å². The summed E-state index contributed by atoms with van der Waals surface area (Å²) in [6.07, 6.45) is 1.30. The van der Waals surface area contributed by atoms with Gasteiger partial charge in [-0.2, -0.15) is 0 Å². The molecule has 2 N–H and O–H groups in total. The van der Waals surface area contributed by atoms with E-state index in [1.807, 2.05) is 36.4 Å². The minimum Gasteiger partial charge on any atom is -0.377 e. The Kier molecular flexibility index (Phi) is 3.74. The molecule has 2 aromatic rings. The van der Waals surface area contributed by atoms with Gasteiger partial charge in [0.25, 0.3) is 0 Å². The standard InChI is InChI=1S/C16H15BrN2O/c17-12-6-7-14-15(10-12)19-16(20)9-8-13(18-14)11-4-2-1-3-5-11/h1-7,10,13,18H,8-9H2,(H,19,20). The van der Waals surface area contributed by atoms with Gasteiger partial charge in [-0.05, 0) is 30.2 Å². The molecule has 1 amide bonds. The number of fused-ring (bicyclic) bond motifs is 1. The van der Waals surface area contributed by atoms with Gasteiger partial charge in [0.15, 0.2) is 0 Å². The summed E-state index contributed by atoms with van der Waals surface area (Å²) in [6.45, 7) is 0. The van der Waals surface area contributed by atoms with Crippen LogP contribution in [0.25, 0.3) is 0 Å². The molecule has 1 heterocycles. The molecular weight excluding hydrogens is 316 g/mol. The van der Waals surface area contributed by atoms with E-state index in [9.17, 15) is 4.79 Å². The minimum atomic E-state index is 0.0618. The lowest BCUT2D eigenvalue weighted by atomic mass is 10.00. The smallest absolute Gasteiger partial charge is 0.224 e. The Morgan fingerprint density at radius 2 is 1.85 bits per heavy atom. The first-order valence-electron chi connectivity index (χ1n) is 6.63. The summed E-state index contributed by atoms with van der Waals surface area (Å²) in [5, 5.41) is 6.47. The third-order valence-electron chi connectivity index (χ3n) is 3.45. The van der Waals surface area contributed by atoms with Gasteiger partial charge in [0.05, 0.1) is 17.4 Å². The zero-order valence-corrected chi connectivity index (χ0v) is 12.5. The predicted molar refractivity (Wildman–Crippen MR) is 84.8 cm³/mol. The molecule has 0 spiro atoms. The van der Waals surface area contributed by atoms with E-state index in [0.717, 1.165) is 22.3 Å². The first-order chi connectivity index (χ1) is 9.72. The average Bonchev–Trinajstić information content (AvgIpc) is 2.44. The number of amides is 1. The zero-order valence-electron chi connectivity index (χ0n) is 10.9. The summed E-state index contributed by atoms with van der Waals surface area (Å²) < 4.78 is 0.954. The Hall–Kier alpha value is -1.81. The second-order valence-corrected chi connectivity index (χ2v) is 5.80. The molecule has 1 unspecified atom stereocenters. The van der Waals surface area contributed by atoms with E-state index in [1.54, 1.807) is 0 Å². The highest BCUT2D eigenvalue weighted by molar-refractivity contribution is 9.10. The highest BCUT2D eigenvalue weighted by atomic mass is 79.9. The fraction of sp³-hybridized carbons (Fsp3) is 0.188. The summed E-state index contributed by atoms with van der Waals surface area (Å²) in [7, 11) is 0. The van der Waals surface area contributed by atoms with Crippen molar-refractivity contribution < 1.29 is 4.79 Å². The molecule has 20 heavy (non-hydrogen) atoms. The molecule has 0 saturated carbocycles. The quantitative estimate of drug-likeness (QED) is 0.816. The van der Waals surface area contributed by atoms with Gasteiger partial charge in [0.1, 0.15) is 0 Å². The number of nitrogens with one attached hydrogen (secondary N) is 2. The van der Waals surface area contributed by atoms with Crippen LogP contribution in [0.1, 0.15) is 24.4 Å². The van der Waals surface area contributed by atoms with Gasteiger partial charge < -0.3 is 10.6 Å². The van der Waals surface area contributed by atoms with Gasteiger partial charge in [-0.1, -0.05) is 46.3 Å². The SMILES string of the molecule is O=C1CCC(c2ccccc2)Nc2ccc(Br)cc2N1. The number of carbonyl (C=O) groups excluding carboxylic acids is 1. The van der Waals surface area contributed by atoms with E-state index >= 15 is 0 Å². The van der Waals surface area contributed by atoms with Gasteiger partial charge in [0, 0.05) is 10.9 Å². The average molecular weight is 331 g/mol. The summed E-state index contributed by atoms with van der Waals surface area (Å²) in [5.74, 6) is 0.0618. The van der Waals surface area contributed by atoms with E-state index < -0.39 is 0 Å². The van der Waals surface area contributed by atoms with E-state index in [1.165, 1.54) is 5.56 Å². The number of benzene rings is 2. The summed E-state index contributed by atoms with van der Waals surface area (Å²) >= 11 is 3.44. The first-order valence-corrected chi connectivity index (χ1v) is 7.42. The number of hydrogen-bond donors (Lipinski definition) is 2.